The lowest BCUT2D eigenvalue weighted by atomic mass is 9.87. The molecule has 0 amide bonds. The summed E-state index contributed by atoms with van der Waals surface area (Å²) < 4.78 is 5.80. The number of benzene rings is 1. The minimum absolute atomic E-state index is 0.278. The highest BCUT2D eigenvalue weighted by Gasteiger charge is 2.17. The van der Waals surface area contributed by atoms with E-state index in [1.807, 2.05) is 6.07 Å². The third kappa shape index (κ3) is 4.14. The van der Waals surface area contributed by atoms with Crippen molar-refractivity contribution in [2.24, 2.45) is 11.1 Å². The quantitative estimate of drug-likeness (QED) is 0.809. The molecule has 1 aromatic carbocycles. The third-order valence-electron chi connectivity index (χ3n) is 4.12. The van der Waals surface area contributed by atoms with Gasteiger partial charge in [0.05, 0.1) is 12.3 Å². The minimum atomic E-state index is 0.278. The van der Waals surface area contributed by atoms with Gasteiger partial charge in [0.2, 0.25) is 0 Å². The number of fused-ring (bicyclic) bond motifs is 1. The van der Waals surface area contributed by atoms with Crippen molar-refractivity contribution in [3.63, 3.8) is 0 Å². The molecule has 0 radical (unpaired) electrons. The highest BCUT2D eigenvalue weighted by atomic mass is 16.5. The zero-order chi connectivity index (χ0) is 14.4. The van der Waals surface area contributed by atoms with Gasteiger partial charge in [-0.1, -0.05) is 32.4 Å². The van der Waals surface area contributed by atoms with Crippen molar-refractivity contribution in [1.82, 2.24) is 0 Å². The van der Waals surface area contributed by atoms with Crippen LogP contribution >= 0.6 is 0 Å². The number of unbranched alkanes of at least 4 members (excludes halogenated alkanes) is 1. The second kappa shape index (κ2) is 6.98. The molecule has 1 aliphatic heterocycles. The van der Waals surface area contributed by atoms with E-state index in [0.29, 0.717) is 0 Å². The summed E-state index contributed by atoms with van der Waals surface area (Å²) in [6.07, 6.45) is 4.76. The van der Waals surface area contributed by atoms with Crippen LogP contribution < -0.4 is 15.4 Å². The average Bonchev–Trinajstić information content (AvgIpc) is 2.66. The summed E-state index contributed by atoms with van der Waals surface area (Å²) >= 11 is 0. The lowest BCUT2D eigenvalue weighted by Crippen LogP contribution is -2.26. The summed E-state index contributed by atoms with van der Waals surface area (Å²) in [7, 11) is 0. The highest BCUT2D eigenvalue weighted by Crippen LogP contribution is 2.31. The Balaban J connectivity index is 1.87. The Labute approximate surface area is 123 Å². The number of anilines is 1. The van der Waals surface area contributed by atoms with E-state index in [1.54, 1.807) is 0 Å². The van der Waals surface area contributed by atoms with Gasteiger partial charge >= 0.3 is 0 Å². The van der Waals surface area contributed by atoms with Crippen molar-refractivity contribution >= 4 is 5.69 Å². The van der Waals surface area contributed by atoms with Crippen molar-refractivity contribution in [3.05, 3.63) is 24.3 Å². The van der Waals surface area contributed by atoms with Gasteiger partial charge in [0, 0.05) is 13.1 Å². The maximum Gasteiger partial charge on any atom is 0.142 e. The SMILES string of the molecule is CC(C)(CN)CCCCN1CCCOc2ccccc21. The first kappa shape index (κ1) is 15.2. The van der Waals surface area contributed by atoms with Crippen LogP contribution in [-0.4, -0.2) is 26.2 Å². The molecule has 0 spiro atoms. The summed E-state index contributed by atoms with van der Waals surface area (Å²) in [4.78, 5) is 2.47. The molecule has 3 nitrogen and oxygen atoms in total. The van der Waals surface area contributed by atoms with Crippen molar-refractivity contribution in [2.75, 3.05) is 31.1 Å². The van der Waals surface area contributed by atoms with E-state index in [2.05, 4.69) is 36.9 Å². The van der Waals surface area contributed by atoms with E-state index >= 15 is 0 Å². The summed E-state index contributed by atoms with van der Waals surface area (Å²) in [6.45, 7) is 8.31. The standard InChI is InChI=1S/C17H28N2O/c1-17(2,14-18)10-5-6-11-19-12-7-13-20-16-9-4-3-8-15(16)19/h3-4,8-9H,5-7,10-14,18H2,1-2H3. The maximum atomic E-state index is 5.80. The van der Waals surface area contributed by atoms with Crippen molar-refractivity contribution in [3.8, 4) is 5.75 Å². The van der Waals surface area contributed by atoms with E-state index in [0.717, 1.165) is 38.4 Å². The fourth-order valence-electron chi connectivity index (χ4n) is 2.64. The Morgan fingerprint density at radius 3 is 2.85 bits per heavy atom. The molecule has 0 aliphatic carbocycles. The topological polar surface area (TPSA) is 38.5 Å². The van der Waals surface area contributed by atoms with E-state index in [4.69, 9.17) is 10.5 Å². The molecule has 1 aromatic rings. The van der Waals surface area contributed by atoms with E-state index < -0.39 is 0 Å². The molecular formula is C17H28N2O. The molecule has 0 saturated heterocycles. The van der Waals surface area contributed by atoms with Crippen LogP contribution in [0.3, 0.4) is 0 Å². The van der Waals surface area contributed by atoms with Gasteiger partial charge in [0.25, 0.3) is 0 Å². The molecule has 2 rings (SSSR count). The van der Waals surface area contributed by atoms with Crippen LogP contribution in [0.25, 0.3) is 0 Å². The van der Waals surface area contributed by atoms with Gasteiger partial charge in [-0.2, -0.15) is 0 Å². The molecule has 2 N–H and O–H groups in total. The highest BCUT2D eigenvalue weighted by molar-refractivity contribution is 5.58. The molecule has 1 aliphatic rings. The van der Waals surface area contributed by atoms with Gasteiger partial charge < -0.3 is 15.4 Å². The number of para-hydroxylation sites is 2. The minimum Gasteiger partial charge on any atom is -0.491 e. The van der Waals surface area contributed by atoms with Crippen LogP contribution in [0.2, 0.25) is 0 Å². The Hall–Kier alpha value is -1.22. The molecule has 1 heterocycles. The summed E-state index contributed by atoms with van der Waals surface area (Å²) in [5.41, 5.74) is 7.32. The average molecular weight is 276 g/mol. The molecule has 0 bridgehead atoms. The van der Waals surface area contributed by atoms with Crippen LogP contribution in [0.15, 0.2) is 24.3 Å². The Morgan fingerprint density at radius 2 is 2.05 bits per heavy atom. The maximum absolute atomic E-state index is 5.80. The first-order valence-electron chi connectivity index (χ1n) is 7.79. The number of hydrogen-bond acceptors (Lipinski definition) is 3. The van der Waals surface area contributed by atoms with Crippen molar-refractivity contribution < 1.29 is 4.74 Å². The Bertz CT molecular complexity index is 417. The number of hydrogen-bond donors (Lipinski definition) is 1. The largest absolute Gasteiger partial charge is 0.491 e. The van der Waals surface area contributed by atoms with Crippen molar-refractivity contribution in [2.45, 2.75) is 39.5 Å². The van der Waals surface area contributed by atoms with Gasteiger partial charge in [-0.15, -0.1) is 0 Å². The fourth-order valence-corrected chi connectivity index (χ4v) is 2.64. The lowest BCUT2D eigenvalue weighted by molar-refractivity contribution is 0.322. The van der Waals surface area contributed by atoms with Crippen molar-refractivity contribution in [1.29, 1.82) is 0 Å². The summed E-state index contributed by atoms with van der Waals surface area (Å²) in [6, 6.07) is 8.39. The zero-order valence-electron chi connectivity index (χ0n) is 12.9. The first-order valence-corrected chi connectivity index (χ1v) is 7.79. The first-order chi connectivity index (χ1) is 9.62. The molecular weight excluding hydrogens is 248 g/mol. The molecule has 112 valence electrons. The zero-order valence-corrected chi connectivity index (χ0v) is 12.9. The van der Waals surface area contributed by atoms with Crippen LogP contribution in [0.4, 0.5) is 5.69 Å². The van der Waals surface area contributed by atoms with Gasteiger partial charge in [-0.3, -0.25) is 0 Å². The van der Waals surface area contributed by atoms with E-state index in [-0.39, 0.29) is 5.41 Å². The predicted octanol–water partition coefficient (Wildman–Crippen LogP) is 3.43. The molecule has 0 fully saturated rings. The molecule has 0 unspecified atom stereocenters. The van der Waals surface area contributed by atoms with Crippen LogP contribution in [0, 0.1) is 5.41 Å². The van der Waals surface area contributed by atoms with Gasteiger partial charge in [0.15, 0.2) is 0 Å². The van der Waals surface area contributed by atoms with Crippen LogP contribution in [0.1, 0.15) is 39.5 Å². The van der Waals surface area contributed by atoms with Gasteiger partial charge in [0.1, 0.15) is 5.75 Å². The Morgan fingerprint density at radius 1 is 1.25 bits per heavy atom. The predicted molar refractivity (Wildman–Crippen MR) is 85.5 cm³/mol. The summed E-state index contributed by atoms with van der Waals surface area (Å²) in [5.74, 6) is 1.03. The molecule has 0 saturated carbocycles. The van der Waals surface area contributed by atoms with E-state index in [9.17, 15) is 0 Å². The monoisotopic (exact) mass is 276 g/mol. The summed E-state index contributed by atoms with van der Waals surface area (Å²) in [5, 5.41) is 0. The van der Waals surface area contributed by atoms with Gasteiger partial charge in [-0.25, -0.2) is 0 Å². The fraction of sp³-hybridized carbons (Fsp3) is 0.647. The van der Waals surface area contributed by atoms with Crippen LogP contribution in [-0.2, 0) is 0 Å². The molecule has 3 heteroatoms. The number of nitrogens with zero attached hydrogens (tertiary/aromatic N) is 1. The number of nitrogens with two attached hydrogens (primary N) is 1. The third-order valence-corrected chi connectivity index (χ3v) is 4.12. The Kier molecular flexibility index (Phi) is 5.30. The second-order valence-electron chi connectivity index (χ2n) is 6.48. The second-order valence-corrected chi connectivity index (χ2v) is 6.48. The number of ether oxygens (including phenoxy) is 1. The lowest BCUT2D eigenvalue weighted by Gasteiger charge is -2.25. The van der Waals surface area contributed by atoms with E-state index in [1.165, 1.54) is 24.9 Å². The molecule has 0 atom stereocenters. The van der Waals surface area contributed by atoms with Crippen LogP contribution in [0.5, 0.6) is 5.75 Å². The smallest absolute Gasteiger partial charge is 0.142 e. The molecule has 0 aromatic heterocycles. The van der Waals surface area contributed by atoms with Gasteiger partial charge in [-0.05, 0) is 43.4 Å². The normalized spacial score (nSPS) is 15.4. The molecule has 20 heavy (non-hydrogen) atoms. The number of rotatable bonds is 6.